The molecule has 1 aromatic carbocycles. The second-order valence-corrected chi connectivity index (χ2v) is 7.05. The molecule has 158 valence electrons. The van der Waals surface area contributed by atoms with Crippen LogP contribution in [0.2, 0.25) is 0 Å². The highest BCUT2D eigenvalue weighted by molar-refractivity contribution is 5.92. The molecule has 0 amide bonds. The largest absolute Gasteiger partial charge is 0.464 e. The maximum absolute atomic E-state index is 13.2. The summed E-state index contributed by atoms with van der Waals surface area (Å²) in [6.45, 7) is 6.25. The van der Waals surface area contributed by atoms with Crippen LogP contribution in [0.3, 0.4) is 0 Å². The van der Waals surface area contributed by atoms with Crippen LogP contribution in [0.4, 0.5) is 0 Å². The van der Waals surface area contributed by atoms with Gasteiger partial charge in [-0.2, -0.15) is 0 Å². The minimum atomic E-state index is -0.843. The van der Waals surface area contributed by atoms with E-state index in [2.05, 4.69) is 15.2 Å². The summed E-state index contributed by atoms with van der Waals surface area (Å²) in [5, 5.41) is 3.32. The Hall–Kier alpha value is -3.24. The highest BCUT2D eigenvalue weighted by Gasteiger charge is 2.26. The average Bonchev–Trinajstić information content (AvgIpc) is 3.07. The zero-order valence-electron chi connectivity index (χ0n) is 16.9. The van der Waals surface area contributed by atoms with E-state index in [1.165, 1.54) is 11.5 Å². The van der Waals surface area contributed by atoms with Crippen molar-refractivity contribution in [2.45, 2.75) is 13.5 Å². The lowest BCUT2D eigenvalue weighted by Gasteiger charge is -2.27. The van der Waals surface area contributed by atoms with Gasteiger partial charge in [0, 0.05) is 46.2 Å². The number of nitrogens with zero attached hydrogens (tertiary/aromatic N) is 4. The smallest absolute Gasteiger partial charge is 0.360 e. The number of para-hydroxylation sites is 2. The van der Waals surface area contributed by atoms with Gasteiger partial charge in [-0.3, -0.25) is 14.5 Å². The second-order valence-electron chi connectivity index (χ2n) is 7.05. The van der Waals surface area contributed by atoms with E-state index in [1.807, 2.05) is 22.8 Å². The number of nitrogens with one attached hydrogen (secondary N) is 1. The summed E-state index contributed by atoms with van der Waals surface area (Å²) >= 11 is 0. The molecule has 1 fully saturated rings. The van der Waals surface area contributed by atoms with Crippen LogP contribution in [-0.2, 0) is 16.1 Å². The van der Waals surface area contributed by atoms with Crippen molar-refractivity contribution in [3.8, 4) is 5.75 Å². The topological polar surface area (TPSA) is 107 Å². The van der Waals surface area contributed by atoms with E-state index >= 15 is 0 Å². The third-order valence-corrected chi connectivity index (χ3v) is 5.15. The second kappa shape index (κ2) is 8.25. The number of fused-ring (bicyclic) bond motifs is 3. The molecule has 3 aromatic rings. The lowest BCUT2D eigenvalue weighted by atomic mass is 10.3. The van der Waals surface area contributed by atoms with Crippen molar-refractivity contribution in [3.05, 3.63) is 40.3 Å². The van der Waals surface area contributed by atoms with E-state index in [4.69, 9.17) is 9.47 Å². The van der Waals surface area contributed by atoms with Gasteiger partial charge in [-0.25, -0.2) is 14.2 Å². The molecule has 10 heteroatoms. The van der Waals surface area contributed by atoms with E-state index in [9.17, 15) is 14.4 Å². The van der Waals surface area contributed by atoms with Crippen LogP contribution in [-0.4, -0.2) is 70.6 Å². The summed E-state index contributed by atoms with van der Waals surface area (Å²) in [5.74, 6) is -1.70. The minimum Gasteiger partial charge on any atom is -0.464 e. The Labute approximate surface area is 172 Å². The third kappa shape index (κ3) is 3.55. The van der Waals surface area contributed by atoms with Gasteiger partial charge in [-0.15, -0.1) is 0 Å². The number of imidazole rings is 1. The molecular weight excluding hydrogens is 390 g/mol. The maximum Gasteiger partial charge on any atom is 0.360 e. The number of carbonyl (C=O) groups is 2. The van der Waals surface area contributed by atoms with Crippen molar-refractivity contribution in [2.24, 2.45) is 0 Å². The minimum absolute atomic E-state index is 0.299. The lowest BCUT2D eigenvalue weighted by molar-refractivity contribution is -0.132. The molecule has 0 spiro atoms. The first kappa shape index (κ1) is 20.0. The number of hydrogen-bond donors (Lipinski definition) is 1. The average molecular weight is 413 g/mol. The van der Waals surface area contributed by atoms with E-state index in [0.29, 0.717) is 17.8 Å². The van der Waals surface area contributed by atoms with Crippen molar-refractivity contribution in [3.63, 3.8) is 0 Å². The highest BCUT2D eigenvalue weighted by atomic mass is 16.5. The number of aromatic nitrogens is 3. The number of carbonyl (C=O) groups excluding carboxylic acids is 2. The predicted octanol–water partition coefficient (Wildman–Crippen LogP) is 0.266. The lowest BCUT2D eigenvalue weighted by Crippen LogP contribution is -2.44. The molecule has 0 atom stereocenters. The van der Waals surface area contributed by atoms with Gasteiger partial charge in [-0.1, -0.05) is 12.1 Å². The zero-order valence-corrected chi connectivity index (χ0v) is 16.9. The first-order valence-electron chi connectivity index (χ1n) is 9.75. The van der Waals surface area contributed by atoms with Gasteiger partial charge in [0.1, 0.15) is 0 Å². The fraction of sp³-hybridized carbons (Fsp3) is 0.400. The molecule has 2 aromatic heterocycles. The molecule has 4 rings (SSSR count). The van der Waals surface area contributed by atoms with Gasteiger partial charge in [0.25, 0.3) is 0 Å². The molecule has 0 saturated carbocycles. The molecule has 30 heavy (non-hydrogen) atoms. The van der Waals surface area contributed by atoms with E-state index < -0.39 is 23.2 Å². The van der Waals surface area contributed by atoms with Crippen LogP contribution in [0.5, 0.6) is 5.75 Å². The zero-order chi connectivity index (χ0) is 21.3. The molecule has 0 bridgehead atoms. The van der Waals surface area contributed by atoms with Crippen molar-refractivity contribution in [1.29, 1.82) is 0 Å². The molecule has 1 N–H and O–H groups in total. The van der Waals surface area contributed by atoms with Crippen molar-refractivity contribution in [1.82, 2.24) is 24.2 Å². The van der Waals surface area contributed by atoms with Gasteiger partial charge in [0.2, 0.25) is 17.2 Å². The van der Waals surface area contributed by atoms with E-state index in [1.54, 1.807) is 6.07 Å². The molecule has 1 saturated heterocycles. The van der Waals surface area contributed by atoms with Gasteiger partial charge in [-0.05, 0) is 12.1 Å². The molecule has 0 aliphatic carbocycles. The first-order chi connectivity index (χ1) is 14.5. The normalized spacial score (nSPS) is 14.9. The Balaban J connectivity index is 1.91. The predicted molar refractivity (Wildman–Crippen MR) is 109 cm³/mol. The Bertz CT molecular complexity index is 1180. The number of benzene rings is 1. The van der Waals surface area contributed by atoms with Crippen molar-refractivity contribution < 1.29 is 19.1 Å². The molecule has 10 nitrogen and oxygen atoms in total. The molecule has 1 aliphatic rings. The molecular formula is C20H23N5O5. The number of hydrogen-bond acceptors (Lipinski definition) is 8. The van der Waals surface area contributed by atoms with Crippen molar-refractivity contribution >= 4 is 28.7 Å². The van der Waals surface area contributed by atoms with E-state index in [0.717, 1.165) is 45.2 Å². The summed E-state index contributed by atoms with van der Waals surface area (Å²) in [6, 6.07) is 7.38. The number of piperazine rings is 1. The van der Waals surface area contributed by atoms with Crippen LogP contribution in [0, 0.1) is 0 Å². The van der Waals surface area contributed by atoms with Gasteiger partial charge in [0.15, 0.2) is 0 Å². The Morgan fingerprint density at radius 3 is 2.50 bits per heavy atom. The van der Waals surface area contributed by atoms with Gasteiger partial charge >= 0.3 is 17.5 Å². The number of methoxy groups -OCH3 is 1. The van der Waals surface area contributed by atoms with Gasteiger partial charge in [0.05, 0.1) is 18.1 Å². The summed E-state index contributed by atoms with van der Waals surface area (Å²) < 4.78 is 13.1. The van der Waals surface area contributed by atoms with Gasteiger partial charge < -0.3 is 19.4 Å². The van der Waals surface area contributed by atoms with Crippen LogP contribution in [0.25, 0.3) is 16.8 Å². The third-order valence-electron chi connectivity index (χ3n) is 5.15. The summed E-state index contributed by atoms with van der Waals surface area (Å²) in [5.41, 5.74) is 0.472. The SMILES string of the molecule is COC(=O)c1nc2n(CCN3CCNCC3)c3ccccc3n2c(=O)c1OC(C)=O. The summed E-state index contributed by atoms with van der Waals surface area (Å²) in [6.07, 6.45) is 0. The van der Waals surface area contributed by atoms with Crippen LogP contribution < -0.4 is 15.6 Å². The quantitative estimate of drug-likeness (QED) is 0.594. The van der Waals surface area contributed by atoms with Crippen molar-refractivity contribution in [2.75, 3.05) is 39.8 Å². The van der Waals surface area contributed by atoms with Crippen LogP contribution >= 0.6 is 0 Å². The number of ether oxygens (including phenoxy) is 2. The summed E-state index contributed by atoms with van der Waals surface area (Å²) in [7, 11) is 1.18. The monoisotopic (exact) mass is 413 g/mol. The fourth-order valence-corrected chi connectivity index (χ4v) is 3.75. The summed E-state index contributed by atoms with van der Waals surface area (Å²) in [4.78, 5) is 43.8. The number of rotatable bonds is 5. The Kier molecular flexibility index (Phi) is 5.51. The fourth-order valence-electron chi connectivity index (χ4n) is 3.75. The van der Waals surface area contributed by atoms with Crippen LogP contribution in [0.15, 0.2) is 29.1 Å². The molecule has 0 radical (unpaired) electrons. The first-order valence-corrected chi connectivity index (χ1v) is 9.75. The molecule has 1 aliphatic heterocycles. The Morgan fingerprint density at radius 2 is 1.83 bits per heavy atom. The van der Waals surface area contributed by atoms with Crippen LogP contribution in [0.1, 0.15) is 17.4 Å². The standard InChI is InChI=1S/C20H23N5O5/c1-13(26)30-17-16(19(28)29-2)22-20-24(12-11-23-9-7-21-8-10-23)14-5-3-4-6-15(14)25(20)18(17)27/h3-6,21H,7-12H2,1-2H3. The number of esters is 2. The Morgan fingerprint density at radius 1 is 1.13 bits per heavy atom. The van der Waals surface area contributed by atoms with E-state index in [-0.39, 0.29) is 5.69 Å². The maximum atomic E-state index is 13.2. The highest BCUT2D eigenvalue weighted by Crippen LogP contribution is 2.22. The molecule has 0 unspecified atom stereocenters. The molecule has 3 heterocycles.